The lowest BCUT2D eigenvalue weighted by atomic mass is 10.3. The normalized spacial score (nSPS) is 10.4. The molecule has 2 aromatic heterocycles. The Hall–Kier alpha value is -1.62. The molecule has 5 nitrogen and oxygen atoms in total. The maximum Gasteiger partial charge on any atom is 0.341 e. The van der Waals surface area contributed by atoms with Crippen LogP contribution in [0, 0.1) is 0 Å². The summed E-state index contributed by atoms with van der Waals surface area (Å²) >= 11 is 5.71. The molecule has 2 heterocycles. The van der Waals surface area contributed by atoms with Gasteiger partial charge in [-0.1, -0.05) is 11.6 Å². The Bertz CT molecular complexity index is 494. The average Bonchev–Trinajstić information content (AvgIpc) is 2.62. The molecule has 0 aliphatic rings. The Kier molecular flexibility index (Phi) is 2.09. The number of carbonyl (C=O) groups is 1. The molecule has 0 amide bonds. The molecule has 72 valence electrons. The van der Waals surface area contributed by atoms with E-state index in [9.17, 15) is 4.79 Å². The van der Waals surface area contributed by atoms with E-state index in [0.717, 1.165) is 0 Å². The minimum absolute atomic E-state index is 0.218. The number of aromatic nitrogens is 3. The summed E-state index contributed by atoms with van der Waals surface area (Å²) in [6.45, 7) is 0. The second-order valence-corrected chi connectivity index (χ2v) is 2.95. The van der Waals surface area contributed by atoms with E-state index in [1.54, 1.807) is 6.20 Å². The Balaban J connectivity index is 2.72. The first-order valence-corrected chi connectivity index (χ1v) is 4.18. The summed E-state index contributed by atoms with van der Waals surface area (Å²) in [7, 11) is 1.30. The summed E-state index contributed by atoms with van der Waals surface area (Å²) in [6.07, 6.45) is 3.14. The molecule has 2 aromatic rings. The number of halogens is 1. The Morgan fingerprint density at radius 1 is 1.64 bits per heavy atom. The van der Waals surface area contributed by atoms with Crippen LogP contribution < -0.4 is 0 Å². The van der Waals surface area contributed by atoms with Crippen molar-refractivity contribution < 1.29 is 9.53 Å². The fraction of sp³-hybridized carbons (Fsp3) is 0.125. The lowest BCUT2D eigenvalue weighted by molar-refractivity contribution is 0.0602. The maximum absolute atomic E-state index is 11.3. The summed E-state index contributed by atoms with van der Waals surface area (Å²) in [5.74, 6) is -0.481. The van der Waals surface area contributed by atoms with Crippen LogP contribution in [0.25, 0.3) is 5.65 Å². The summed E-state index contributed by atoms with van der Waals surface area (Å²) in [5, 5.41) is 4.14. The number of imidazole rings is 1. The van der Waals surface area contributed by atoms with E-state index in [2.05, 4.69) is 14.8 Å². The Morgan fingerprint density at radius 3 is 3.14 bits per heavy atom. The largest absolute Gasteiger partial charge is 0.465 e. The van der Waals surface area contributed by atoms with Gasteiger partial charge in [-0.25, -0.2) is 14.3 Å². The molecule has 14 heavy (non-hydrogen) atoms. The van der Waals surface area contributed by atoms with Crippen LogP contribution in [-0.2, 0) is 4.74 Å². The molecule has 0 aliphatic heterocycles. The zero-order valence-electron chi connectivity index (χ0n) is 7.27. The number of hydrogen-bond donors (Lipinski definition) is 0. The number of carbonyl (C=O) groups excluding carboxylic acids is 1. The number of hydrogen-bond acceptors (Lipinski definition) is 4. The molecule has 0 spiro atoms. The molecule has 0 aliphatic carbocycles. The highest BCUT2D eigenvalue weighted by Crippen LogP contribution is 2.13. The number of methoxy groups -OCH3 is 1. The number of ether oxygens (including phenoxy) is 1. The van der Waals surface area contributed by atoms with Gasteiger partial charge >= 0.3 is 5.97 Å². The first-order chi connectivity index (χ1) is 6.72. The molecule has 6 heteroatoms. The number of nitrogens with zero attached hydrogens (tertiary/aromatic N) is 3. The van der Waals surface area contributed by atoms with Crippen molar-refractivity contribution in [3.63, 3.8) is 0 Å². The van der Waals surface area contributed by atoms with Crippen molar-refractivity contribution >= 4 is 23.2 Å². The minimum atomic E-state index is -0.481. The van der Waals surface area contributed by atoms with Crippen molar-refractivity contribution in [3.8, 4) is 0 Å². The summed E-state index contributed by atoms with van der Waals surface area (Å²) in [4.78, 5) is 15.3. The van der Waals surface area contributed by atoms with Gasteiger partial charge in [0.1, 0.15) is 5.56 Å². The van der Waals surface area contributed by atoms with Crippen molar-refractivity contribution in [2.45, 2.75) is 0 Å². The third-order valence-electron chi connectivity index (χ3n) is 1.73. The van der Waals surface area contributed by atoms with E-state index in [1.807, 2.05) is 0 Å². The fourth-order valence-electron chi connectivity index (χ4n) is 1.15. The summed E-state index contributed by atoms with van der Waals surface area (Å²) in [6, 6.07) is 1.43. The van der Waals surface area contributed by atoms with E-state index in [4.69, 9.17) is 11.6 Å². The summed E-state index contributed by atoms with van der Waals surface area (Å²) in [5.41, 5.74) is 0.735. The molecule has 0 saturated carbocycles. The van der Waals surface area contributed by atoms with E-state index in [0.29, 0.717) is 11.2 Å². The monoisotopic (exact) mass is 211 g/mol. The van der Waals surface area contributed by atoms with Gasteiger partial charge in [0.05, 0.1) is 7.11 Å². The third-order valence-corrected chi connectivity index (χ3v) is 1.92. The molecular formula is C8H6ClN3O2. The molecule has 0 aromatic carbocycles. The van der Waals surface area contributed by atoms with Gasteiger partial charge in [0, 0.05) is 12.4 Å². The number of rotatable bonds is 1. The molecule has 0 radical (unpaired) electrons. The number of fused-ring (bicyclic) bond motifs is 1. The van der Waals surface area contributed by atoms with Gasteiger partial charge in [0.2, 0.25) is 0 Å². The molecule has 0 bridgehead atoms. The van der Waals surface area contributed by atoms with Gasteiger partial charge in [-0.15, -0.1) is 0 Å². The van der Waals surface area contributed by atoms with Crippen molar-refractivity contribution in [3.05, 3.63) is 29.2 Å². The summed E-state index contributed by atoms with van der Waals surface area (Å²) < 4.78 is 6.02. The Morgan fingerprint density at radius 2 is 2.43 bits per heavy atom. The maximum atomic E-state index is 11.3. The van der Waals surface area contributed by atoms with E-state index >= 15 is 0 Å². The second-order valence-electron chi connectivity index (χ2n) is 2.57. The first-order valence-electron chi connectivity index (χ1n) is 3.80. The van der Waals surface area contributed by atoms with Crippen LogP contribution in [0.4, 0.5) is 0 Å². The van der Waals surface area contributed by atoms with Crippen molar-refractivity contribution in [2.75, 3.05) is 7.11 Å². The first kappa shape index (κ1) is 8.96. The topological polar surface area (TPSA) is 56.5 Å². The Labute approximate surface area is 84.3 Å². The highest BCUT2D eigenvalue weighted by molar-refractivity contribution is 6.29. The third kappa shape index (κ3) is 1.31. The molecular weight excluding hydrogens is 206 g/mol. The highest BCUT2D eigenvalue weighted by Gasteiger charge is 2.13. The van der Waals surface area contributed by atoms with Crippen LogP contribution in [0.15, 0.2) is 18.5 Å². The van der Waals surface area contributed by atoms with Gasteiger partial charge in [-0.05, 0) is 6.07 Å². The predicted molar refractivity (Wildman–Crippen MR) is 49.3 cm³/mol. The van der Waals surface area contributed by atoms with Crippen LogP contribution in [0.2, 0.25) is 5.15 Å². The van der Waals surface area contributed by atoms with Crippen molar-refractivity contribution in [2.24, 2.45) is 0 Å². The molecule has 0 saturated heterocycles. The van der Waals surface area contributed by atoms with Crippen molar-refractivity contribution in [1.29, 1.82) is 0 Å². The SMILES string of the molecule is COC(=O)c1cc(Cl)nn2ccnc12. The highest BCUT2D eigenvalue weighted by atomic mass is 35.5. The van der Waals surface area contributed by atoms with E-state index in [-0.39, 0.29) is 5.15 Å². The van der Waals surface area contributed by atoms with Gasteiger partial charge in [0.25, 0.3) is 0 Å². The predicted octanol–water partition coefficient (Wildman–Crippen LogP) is 1.17. The molecule has 0 atom stereocenters. The number of esters is 1. The standard InChI is InChI=1S/C8H6ClN3O2/c1-14-8(13)5-4-6(9)11-12-3-2-10-7(5)12/h2-4H,1H3. The molecule has 0 fully saturated rings. The fourth-order valence-corrected chi connectivity index (χ4v) is 1.34. The van der Waals surface area contributed by atoms with Crippen LogP contribution in [0.3, 0.4) is 0 Å². The molecule has 0 unspecified atom stereocenters. The minimum Gasteiger partial charge on any atom is -0.465 e. The van der Waals surface area contributed by atoms with Gasteiger partial charge in [-0.3, -0.25) is 0 Å². The zero-order valence-corrected chi connectivity index (χ0v) is 8.02. The zero-order chi connectivity index (χ0) is 10.1. The van der Waals surface area contributed by atoms with E-state index in [1.165, 1.54) is 23.9 Å². The molecule has 2 rings (SSSR count). The quantitative estimate of drug-likeness (QED) is 0.665. The van der Waals surface area contributed by atoms with Crippen LogP contribution in [0.1, 0.15) is 10.4 Å². The van der Waals surface area contributed by atoms with Crippen molar-refractivity contribution in [1.82, 2.24) is 14.6 Å². The molecule has 0 N–H and O–H groups in total. The van der Waals surface area contributed by atoms with Crippen LogP contribution in [0.5, 0.6) is 0 Å². The lowest BCUT2D eigenvalue weighted by Crippen LogP contribution is -2.06. The second kappa shape index (κ2) is 3.26. The van der Waals surface area contributed by atoms with Crippen LogP contribution in [-0.4, -0.2) is 27.7 Å². The van der Waals surface area contributed by atoms with Crippen LogP contribution >= 0.6 is 11.6 Å². The smallest absolute Gasteiger partial charge is 0.341 e. The van der Waals surface area contributed by atoms with Gasteiger partial charge < -0.3 is 4.74 Å². The lowest BCUT2D eigenvalue weighted by Gasteiger charge is -2.01. The average molecular weight is 212 g/mol. The van der Waals surface area contributed by atoms with E-state index < -0.39 is 5.97 Å². The van der Waals surface area contributed by atoms with Gasteiger partial charge in [-0.2, -0.15) is 5.10 Å². The van der Waals surface area contributed by atoms with Gasteiger partial charge in [0.15, 0.2) is 10.8 Å².